The minimum atomic E-state index is 0.0434. The van der Waals surface area contributed by atoms with Gasteiger partial charge in [-0.1, -0.05) is 0 Å². The Kier molecular flexibility index (Phi) is 5.23. The zero-order valence-corrected chi connectivity index (χ0v) is 14.1. The van der Waals surface area contributed by atoms with Gasteiger partial charge in [-0.05, 0) is 32.2 Å². The van der Waals surface area contributed by atoms with Gasteiger partial charge in [0.2, 0.25) is 5.91 Å². The van der Waals surface area contributed by atoms with Gasteiger partial charge in [-0.2, -0.15) is 0 Å². The number of carbonyl (C=O) groups is 1. The van der Waals surface area contributed by atoms with Crippen molar-refractivity contribution in [2.75, 3.05) is 26.8 Å². The van der Waals surface area contributed by atoms with Gasteiger partial charge in [0.25, 0.3) is 0 Å². The van der Waals surface area contributed by atoms with Crippen LogP contribution in [0.5, 0.6) is 0 Å². The number of ether oxygens (including phenoxy) is 1. The van der Waals surface area contributed by atoms with Crippen molar-refractivity contribution in [3.8, 4) is 0 Å². The van der Waals surface area contributed by atoms with E-state index in [4.69, 9.17) is 9.72 Å². The Morgan fingerprint density at radius 3 is 2.87 bits per heavy atom. The summed E-state index contributed by atoms with van der Waals surface area (Å²) >= 11 is 0. The minimum Gasteiger partial charge on any atom is -0.381 e. The van der Waals surface area contributed by atoms with Gasteiger partial charge in [-0.3, -0.25) is 19.7 Å². The first-order valence-corrected chi connectivity index (χ1v) is 8.51. The number of rotatable bonds is 4. The smallest absolute Gasteiger partial charge is 0.219 e. The molecule has 23 heavy (non-hydrogen) atoms. The highest BCUT2D eigenvalue weighted by molar-refractivity contribution is 5.72. The summed E-state index contributed by atoms with van der Waals surface area (Å²) in [5, 5.41) is 0. The van der Waals surface area contributed by atoms with Crippen LogP contribution in [0.15, 0.2) is 12.4 Å². The first-order chi connectivity index (χ1) is 11.1. The Bertz CT molecular complexity index is 545. The average Bonchev–Trinajstić information content (AvgIpc) is 3.05. The van der Waals surface area contributed by atoms with Gasteiger partial charge in [0.05, 0.1) is 36.4 Å². The maximum atomic E-state index is 11.4. The van der Waals surface area contributed by atoms with Crippen LogP contribution in [-0.2, 0) is 16.1 Å². The Labute approximate surface area is 137 Å². The summed E-state index contributed by atoms with van der Waals surface area (Å²) in [6.07, 6.45) is 8.21. The molecule has 6 heteroatoms. The molecule has 1 amide bonds. The highest BCUT2D eigenvalue weighted by Gasteiger charge is 2.33. The van der Waals surface area contributed by atoms with Gasteiger partial charge in [0.15, 0.2) is 0 Å². The third-order valence-electron chi connectivity index (χ3n) is 4.94. The SMILES string of the molecule is CC(=O)N(C)Cc1cncc([C@H]2CCCN2C2CCOCC2)n1. The highest BCUT2D eigenvalue weighted by atomic mass is 16.5. The lowest BCUT2D eigenvalue weighted by Crippen LogP contribution is -2.39. The van der Waals surface area contributed by atoms with Crippen LogP contribution in [0.1, 0.15) is 50.0 Å². The second-order valence-electron chi connectivity index (χ2n) is 6.55. The number of amides is 1. The molecule has 0 bridgehead atoms. The van der Waals surface area contributed by atoms with Gasteiger partial charge in [0.1, 0.15) is 0 Å². The molecule has 6 nitrogen and oxygen atoms in total. The molecule has 126 valence electrons. The summed E-state index contributed by atoms with van der Waals surface area (Å²) in [6.45, 7) is 4.95. The quantitative estimate of drug-likeness (QED) is 0.847. The van der Waals surface area contributed by atoms with E-state index >= 15 is 0 Å². The Morgan fingerprint density at radius 2 is 2.13 bits per heavy atom. The molecular weight excluding hydrogens is 292 g/mol. The van der Waals surface area contributed by atoms with E-state index in [1.54, 1.807) is 25.1 Å². The van der Waals surface area contributed by atoms with E-state index in [0.29, 0.717) is 18.6 Å². The summed E-state index contributed by atoms with van der Waals surface area (Å²) in [4.78, 5) is 24.8. The monoisotopic (exact) mass is 318 g/mol. The number of hydrogen-bond donors (Lipinski definition) is 0. The van der Waals surface area contributed by atoms with Gasteiger partial charge in [-0.25, -0.2) is 0 Å². The topological polar surface area (TPSA) is 58.6 Å². The number of nitrogens with zero attached hydrogens (tertiary/aromatic N) is 4. The molecule has 0 spiro atoms. The summed E-state index contributed by atoms with van der Waals surface area (Å²) in [7, 11) is 1.79. The van der Waals surface area contributed by atoms with E-state index in [1.165, 1.54) is 6.42 Å². The van der Waals surface area contributed by atoms with Gasteiger partial charge >= 0.3 is 0 Å². The fourth-order valence-electron chi connectivity index (χ4n) is 3.57. The lowest BCUT2D eigenvalue weighted by Gasteiger charge is -2.35. The number of carbonyl (C=O) groups excluding carboxylic acids is 1. The van der Waals surface area contributed by atoms with Crippen LogP contribution in [0, 0.1) is 0 Å². The van der Waals surface area contributed by atoms with Crippen LogP contribution in [0.4, 0.5) is 0 Å². The molecule has 0 aromatic carbocycles. The molecule has 0 N–H and O–H groups in total. The summed E-state index contributed by atoms with van der Waals surface area (Å²) in [6, 6.07) is 0.954. The third-order valence-corrected chi connectivity index (χ3v) is 4.94. The van der Waals surface area contributed by atoms with Crippen LogP contribution >= 0.6 is 0 Å². The molecule has 2 fully saturated rings. The maximum Gasteiger partial charge on any atom is 0.219 e. The Morgan fingerprint density at radius 1 is 1.35 bits per heavy atom. The van der Waals surface area contributed by atoms with E-state index in [-0.39, 0.29) is 5.91 Å². The standard InChI is InChI=1S/C17H26N4O2/c1-13(22)20(2)12-14-10-18-11-16(19-14)17-4-3-7-21(17)15-5-8-23-9-6-15/h10-11,15,17H,3-9,12H2,1-2H3/t17-/m1/s1. The molecule has 1 aromatic rings. The van der Waals surface area contributed by atoms with Crippen molar-refractivity contribution in [3.63, 3.8) is 0 Å². The summed E-state index contributed by atoms with van der Waals surface area (Å²) < 4.78 is 5.49. The fraction of sp³-hybridized carbons (Fsp3) is 0.706. The maximum absolute atomic E-state index is 11.4. The van der Waals surface area contributed by atoms with Crippen LogP contribution in [0.25, 0.3) is 0 Å². The largest absolute Gasteiger partial charge is 0.381 e. The van der Waals surface area contributed by atoms with Crippen molar-refractivity contribution in [3.05, 3.63) is 23.8 Å². The summed E-state index contributed by atoms with van der Waals surface area (Å²) in [5.41, 5.74) is 1.91. The molecule has 1 aromatic heterocycles. The first-order valence-electron chi connectivity index (χ1n) is 8.51. The van der Waals surface area contributed by atoms with Crippen molar-refractivity contribution in [2.24, 2.45) is 0 Å². The van der Waals surface area contributed by atoms with Gasteiger partial charge in [0, 0.05) is 33.2 Å². The van der Waals surface area contributed by atoms with Gasteiger partial charge < -0.3 is 9.64 Å². The van der Waals surface area contributed by atoms with E-state index in [2.05, 4.69) is 9.88 Å². The second-order valence-corrected chi connectivity index (χ2v) is 6.55. The van der Waals surface area contributed by atoms with Crippen molar-refractivity contribution >= 4 is 5.91 Å². The molecule has 0 aliphatic carbocycles. The lowest BCUT2D eigenvalue weighted by molar-refractivity contribution is -0.128. The zero-order valence-electron chi connectivity index (χ0n) is 14.1. The molecule has 0 unspecified atom stereocenters. The van der Waals surface area contributed by atoms with E-state index in [9.17, 15) is 4.79 Å². The predicted molar refractivity (Wildman–Crippen MR) is 86.7 cm³/mol. The Balaban J connectivity index is 1.73. The zero-order chi connectivity index (χ0) is 16.2. The third kappa shape index (κ3) is 3.87. The fourth-order valence-corrected chi connectivity index (χ4v) is 3.57. The molecular formula is C17H26N4O2. The van der Waals surface area contributed by atoms with Gasteiger partial charge in [-0.15, -0.1) is 0 Å². The number of likely N-dealkylation sites (tertiary alicyclic amines) is 1. The van der Waals surface area contributed by atoms with E-state index in [0.717, 1.165) is 50.4 Å². The van der Waals surface area contributed by atoms with Crippen LogP contribution in [0.2, 0.25) is 0 Å². The lowest BCUT2D eigenvalue weighted by atomic mass is 10.0. The molecule has 0 saturated carbocycles. The summed E-state index contributed by atoms with van der Waals surface area (Å²) in [5.74, 6) is 0.0434. The molecule has 3 rings (SSSR count). The first kappa shape index (κ1) is 16.3. The molecule has 2 aliphatic rings. The normalized spacial score (nSPS) is 23.1. The second kappa shape index (κ2) is 7.36. The van der Waals surface area contributed by atoms with Crippen molar-refractivity contribution in [1.29, 1.82) is 0 Å². The van der Waals surface area contributed by atoms with Crippen LogP contribution in [0.3, 0.4) is 0 Å². The molecule has 2 aliphatic heterocycles. The number of hydrogen-bond acceptors (Lipinski definition) is 5. The van der Waals surface area contributed by atoms with Crippen LogP contribution in [-0.4, -0.2) is 58.5 Å². The number of aromatic nitrogens is 2. The minimum absolute atomic E-state index is 0.0434. The highest BCUT2D eigenvalue weighted by Crippen LogP contribution is 2.34. The molecule has 3 heterocycles. The molecule has 0 radical (unpaired) electrons. The molecule has 2 saturated heterocycles. The van der Waals surface area contributed by atoms with Crippen molar-refractivity contribution in [1.82, 2.24) is 19.8 Å². The van der Waals surface area contributed by atoms with E-state index in [1.807, 2.05) is 6.20 Å². The molecule has 1 atom stereocenters. The van der Waals surface area contributed by atoms with Crippen molar-refractivity contribution < 1.29 is 9.53 Å². The van der Waals surface area contributed by atoms with Crippen molar-refractivity contribution in [2.45, 2.75) is 51.2 Å². The average molecular weight is 318 g/mol. The van der Waals surface area contributed by atoms with E-state index < -0.39 is 0 Å². The van der Waals surface area contributed by atoms with Crippen LogP contribution < -0.4 is 0 Å². The Hall–Kier alpha value is -1.53. The predicted octanol–water partition coefficient (Wildman–Crippen LogP) is 1.77.